The van der Waals surface area contributed by atoms with Gasteiger partial charge in [0, 0.05) is 11.6 Å². The standard InChI is InChI=1S/C13H9Cl2N3O3/c14-10-6-11(18-13(15)16-10)17-12(19)7-1-2-8-9(5-7)21-4-3-20-8/h1-2,5-6H,3-4H2,(H,16,17,18,19). The van der Waals surface area contributed by atoms with Gasteiger partial charge in [0.25, 0.3) is 5.91 Å². The molecule has 0 saturated heterocycles. The Morgan fingerprint density at radius 2 is 1.86 bits per heavy atom. The largest absolute Gasteiger partial charge is 0.486 e. The van der Waals surface area contributed by atoms with Gasteiger partial charge in [-0.25, -0.2) is 9.97 Å². The summed E-state index contributed by atoms with van der Waals surface area (Å²) in [5, 5.41) is 2.70. The van der Waals surface area contributed by atoms with E-state index in [4.69, 9.17) is 32.7 Å². The van der Waals surface area contributed by atoms with Crippen LogP contribution in [-0.2, 0) is 0 Å². The van der Waals surface area contributed by atoms with Crippen LogP contribution in [-0.4, -0.2) is 29.1 Å². The number of carbonyl (C=O) groups is 1. The van der Waals surface area contributed by atoms with Gasteiger partial charge in [-0.05, 0) is 29.8 Å². The number of benzene rings is 1. The molecule has 1 amide bonds. The summed E-state index contributed by atoms with van der Waals surface area (Å²) in [6.45, 7) is 0.950. The second-order valence-corrected chi connectivity index (χ2v) is 4.88. The van der Waals surface area contributed by atoms with Gasteiger partial charge in [-0.1, -0.05) is 11.6 Å². The Hall–Kier alpha value is -2.05. The van der Waals surface area contributed by atoms with Crippen molar-refractivity contribution < 1.29 is 14.3 Å². The zero-order chi connectivity index (χ0) is 14.8. The third kappa shape index (κ3) is 3.17. The Balaban J connectivity index is 1.82. The van der Waals surface area contributed by atoms with E-state index in [1.54, 1.807) is 18.2 Å². The quantitative estimate of drug-likeness (QED) is 0.679. The van der Waals surface area contributed by atoms with Crippen LogP contribution in [0.25, 0.3) is 0 Å². The van der Waals surface area contributed by atoms with Crippen molar-refractivity contribution in [3.8, 4) is 11.5 Å². The molecule has 1 N–H and O–H groups in total. The smallest absolute Gasteiger partial charge is 0.256 e. The van der Waals surface area contributed by atoms with Crippen LogP contribution in [0.2, 0.25) is 10.4 Å². The monoisotopic (exact) mass is 325 g/mol. The lowest BCUT2D eigenvalue weighted by Crippen LogP contribution is -2.17. The predicted molar refractivity (Wildman–Crippen MR) is 77.4 cm³/mol. The van der Waals surface area contributed by atoms with Gasteiger partial charge in [0.15, 0.2) is 11.5 Å². The lowest BCUT2D eigenvalue weighted by molar-refractivity contribution is 0.102. The SMILES string of the molecule is O=C(Nc1cc(Cl)nc(Cl)n1)c1ccc2c(c1)OCCO2. The minimum atomic E-state index is -0.363. The molecule has 0 spiro atoms. The zero-order valence-corrected chi connectivity index (χ0v) is 12.1. The molecule has 108 valence electrons. The molecule has 1 aromatic carbocycles. The normalized spacial score (nSPS) is 12.9. The number of fused-ring (bicyclic) bond motifs is 1. The van der Waals surface area contributed by atoms with Crippen LogP contribution >= 0.6 is 23.2 Å². The molecule has 0 bridgehead atoms. The number of nitrogens with one attached hydrogen (secondary N) is 1. The average molecular weight is 326 g/mol. The van der Waals surface area contributed by atoms with Crippen molar-refractivity contribution in [1.29, 1.82) is 0 Å². The zero-order valence-electron chi connectivity index (χ0n) is 10.6. The molecular weight excluding hydrogens is 317 g/mol. The second kappa shape index (κ2) is 5.75. The molecule has 0 aliphatic carbocycles. The molecule has 0 unspecified atom stereocenters. The number of ether oxygens (including phenoxy) is 2. The Labute approximate surface area is 130 Å². The number of hydrogen-bond donors (Lipinski definition) is 1. The highest BCUT2D eigenvalue weighted by atomic mass is 35.5. The van der Waals surface area contributed by atoms with Crippen LogP contribution in [0.15, 0.2) is 24.3 Å². The summed E-state index contributed by atoms with van der Waals surface area (Å²) in [5.41, 5.74) is 0.408. The lowest BCUT2D eigenvalue weighted by Gasteiger charge is -2.18. The molecule has 2 aromatic rings. The first-order valence-corrected chi connectivity index (χ1v) is 6.78. The van der Waals surface area contributed by atoms with Gasteiger partial charge in [-0.15, -0.1) is 0 Å². The second-order valence-electron chi connectivity index (χ2n) is 4.16. The highest BCUT2D eigenvalue weighted by molar-refractivity contribution is 6.32. The van der Waals surface area contributed by atoms with E-state index >= 15 is 0 Å². The Bertz CT molecular complexity index is 689. The van der Waals surface area contributed by atoms with Crippen molar-refractivity contribution in [2.24, 2.45) is 0 Å². The molecule has 0 fully saturated rings. The molecule has 3 rings (SSSR count). The van der Waals surface area contributed by atoms with E-state index in [9.17, 15) is 4.79 Å². The van der Waals surface area contributed by atoms with Crippen molar-refractivity contribution in [1.82, 2.24) is 9.97 Å². The number of nitrogens with zero attached hydrogens (tertiary/aromatic N) is 2. The van der Waals surface area contributed by atoms with Crippen molar-refractivity contribution in [3.63, 3.8) is 0 Å². The van der Waals surface area contributed by atoms with E-state index in [0.29, 0.717) is 30.3 Å². The third-order valence-electron chi connectivity index (χ3n) is 2.71. The van der Waals surface area contributed by atoms with E-state index in [0.717, 1.165) is 0 Å². The first kappa shape index (κ1) is 13.9. The molecule has 0 saturated carbocycles. The maximum absolute atomic E-state index is 12.2. The van der Waals surface area contributed by atoms with Crippen LogP contribution in [0.5, 0.6) is 11.5 Å². The summed E-state index contributed by atoms with van der Waals surface area (Å²) in [6.07, 6.45) is 0. The first-order valence-electron chi connectivity index (χ1n) is 6.03. The Kier molecular flexibility index (Phi) is 3.81. The Morgan fingerprint density at radius 1 is 1.10 bits per heavy atom. The molecule has 1 aliphatic rings. The number of aromatic nitrogens is 2. The average Bonchev–Trinajstić information content (AvgIpc) is 2.45. The van der Waals surface area contributed by atoms with Gasteiger partial charge < -0.3 is 14.8 Å². The third-order valence-corrected chi connectivity index (χ3v) is 3.08. The minimum absolute atomic E-state index is 0.0417. The molecule has 0 radical (unpaired) electrons. The topological polar surface area (TPSA) is 73.3 Å². The van der Waals surface area contributed by atoms with E-state index in [2.05, 4.69) is 15.3 Å². The summed E-state index contributed by atoms with van der Waals surface area (Å²) in [4.78, 5) is 19.7. The van der Waals surface area contributed by atoms with Crippen molar-refractivity contribution in [2.75, 3.05) is 18.5 Å². The lowest BCUT2D eigenvalue weighted by atomic mass is 10.2. The summed E-state index contributed by atoms with van der Waals surface area (Å²) in [7, 11) is 0. The molecule has 2 heterocycles. The molecule has 1 aliphatic heterocycles. The summed E-state index contributed by atoms with van der Waals surface area (Å²) < 4.78 is 10.8. The number of halogens is 2. The van der Waals surface area contributed by atoms with Crippen LogP contribution in [0.4, 0.5) is 5.82 Å². The molecule has 1 aromatic heterocycles. The number of anilines is 1. The maximum Gasteiger partial charge on any atom is 0.256 e. The van der Waals surface area contributed by atoms with E-state index in [1.165, 1.54) is 6.07 Å². The minimum Gasteiger partial charge on any atom is -0.486 e. The van der Waals surface area contributed by atoms with Gasteiger partial charge in [0.05, 0.1) is 0 Å². The first-order chi connectivity index (χ1) is 10.1. The van der Waals surface area contributed by atoms with E-state index < -0.39 is 0 Å². The number of carbonyl (C=O) groups excluding carboxylic acids is 1. The highest BCUT2D eigenvalue weighted by Crippen LogP contribution is 2.31. The summed E-state index contributed by atoms with van der Waals surface area (Å²) in [5.74, 6) is 1.01. The van der Waals surface area contributed by atoms with Crippen molar-refractivity contribution in [3.05, 3.63) is 40.3 Å². The van der Waals surface area contributed by atoms with Gasteiger partial charge in [-0.2, -0.15) is 0 Å². The molecule has 6 nitrogen and oxygen atoms in total. The van der Waals surface area contributed by atoms with Crippen molar-refractivity contribution in [2.45, 2.75) is 0 Å². The van der Waals surface area contributed by atoms with Crippen LogP contribution in [0, 0.1) is 0 Å². The molecular formula is C13H9Cl2N3O3. The maximum atomic E-state index is 12.2. The van der Waals surface area contributed by atoms with E-state index in [1.807, 2.05) is 0 Å². The molecule has 8 heteroatoms. The number of hydrogen-bond acceptors (Lipinski definition) is 5. The van der Waals surface area contributed by atoms with Gasteiger partial charge in [0.2, 0.25) is 5.28 Å². The van der Waals surface area contributed by atoms with Gasteiger partial charge >= 0.3 is 0 Å². The van der Waals surface area contributed by atoms with Crippen LogP contribution < -0.4 is 14.8 Å². The summed E-state index contributed by atoms with van der Waals surface area (Å²) >= 11 is 11.4. The molecule has 0 atom stereocenters. The Morgan fingerprint density at radius 3 is 2.62 bits per heavy atom. The fourth-order valence-electron chi connectivity index (χ4n) is 1.83. The molecule has 21 heavy (non-hydrogen) atoms. The number of amides is 1. The summed E-state index contributed by atoms with van der Waals surface area (Å²) in [6, 6.07) is 6.33. The fourth-order valence-corrected chi connectivity index (χ4v) is 2.24. The van der Waals surface area contributed by atoms with E-state index in [-0.39, 0.29) is 22.2 Å². The van der Waals surface area contributed by atoms with Gasteiger partial charge in [0.1, 0.15) is 24.2 Å². The highest BCUT2D eigenvalue weighted by Gasteiger charge is 2.15. The van der Waals surface area contributed by atoms with Crippen LogP contribution in [0.3, 0.4) is 0 Å². The van der Waals surface area contributed by atoms with Crippen LogP contribution in [0.1, 0.15) is 10.4 Å². The van der Waals surface area contributed by atoms with Gasteiger partial charge in [-0.3, -0.25) is 4.79 Å². The predicted octanol–water partition coefficient (Wildman–Crippen LogP) is 2.81. The fraction of sp³-hybridized carbons (Fsp3) is 0.154. The van der Waals surface area contributed by atoms with Crippen molar-refractivity contribution >= 4 is 34.9 Å². The number of rotatable bonds is 2.